The van der Waals surface area contributed by atoms with E-state index in [1.165, 1.54) is 7.11 Å². The quantitative estimate of drug-likeness (QED) is 0.752. The van der Waals surface area contributed by atoms with Crippen molar-refractivity contribution >= 4 is 10.8 Å². The molecule has 2 aromatic carbocycles. The zero-order valence-corrected chi connectivity index (χ0v) is 7.62. The minimum absolute atomic E-state index is 0.154. The summed E-state index contributed by atoms with van der Waals surface area (Å²) in [5.74, 6) is -0.924. The van der Waals surface area contributed by atoms with E-state index in [1.54, 1.807) is 30.3 Å². The normalized spacial score (nSPS) is 10.4. The number of halogens is 1. The highest BCUT2D eigenvalue weighted by molar-refractivity contribution is 5.86. The van der Waals surface area contributed by atoms with Crippen molar-refractivity contribution in [2.75, 3.05) is 7.11 Å². The Labute approximate surface area is 80.6 Å². The van der Waals surface area contributed by atoms with Gasteiger partial charge in [-0.2, -0.15) is 0 Å². The largest absolute Gasteiger partial charge is 0.502 e. The first-order chi connectivity index (χ1) is 6.74. The second kappa shape index (κ2) is 3.18. The zero-order valence-electron chi connectivity index (χ0n) is 7.62. The smallest absolute Gasteiger partial charge is 0.194 e. The number of aromatic hydroxyl groups is 1. The Morgan fingerprint density at radius 1 is 1.29 bits per heavy atom. The number of fused-ring (bicyclic) bond motifs is 1. The number of rotatable bonds is 1. The van der Waals surface area contributed by atoms with Crippen LogP contribution in [0.5, 0.6) is 11.5 Å². The molecule has 2 aromatic rings. The van der Waals surface area contributed by atoms with Gasteiger partial charge in [-0.3, -0.25) is 0 Å². The molecule has 0 bridgehead atoms. The molecule has 0 aliphatic heterocycles. The van der Waals surface area contributed by atoms with Gasteiger partial charge in [-0.15, -0.1) is 0 Å². The molecule has 0 radical (unpaired) electrons. The summed E-state index contributed by atoms with van der Waals surface area (Å²) in [6.45, 7) is 0. The molecule has 3 heteroatoms. The van der Waals surface area contributed by atoms with Gasteiger partial charge < -0.3 is 9.84 Å². The molecule has 1 N–H and O–H groups in total. The highest BCUT2D eigenvalue weighted by Crippen LogP contribution is 2.34. The third-order valence-electron chi connectivity index (χ3n) is 2.15. The molecular formula is C11H9FO2. The number of phenols is 1. The lowest BCUT2D eigenvalue weighted by Gasteiger charge is -2.06. The Morgan fingerprint density at radius 2 is 2.00 bits per heavy atom. The van der Waals surface area contributed by atoms with Crippen LogP contribution in [0.25, 0.3) is 10.8 Å². The fourth-order valence-corrected chi connectivity index (χ4v) is 1.42. The number of ether oxygens (including phenoxy) is 1. The monoisotopic (exact) mass is 192 g/mol. The Kier molecular flexibility index (Phi) is 2.00. The van der Waals surface area contributed by atoms with E-state index in [9.17, 15) is 9.50 Å². The molecule has 0 saturated heterocycles. The van der Waals surface area contributed by atoms with E-state index in [4.69, 9.17) is 4.74 Å². The van der Waals surface area contributed by atoms with E-state index < -0.39 is 11.6 Å². The number of benzene rings is 2. The van der Waals surface area contributed by atoms with Gasteiger partial charge in [-0.1, -0.05) is 24.3 Å². The molecule has 14 heavy (non-hydrogen) atoms. The summed E-state index contributed by atoms with van der Waals surface area (Å²) in [5, 5.41) is 10.5. The predicted octanol–water partition coefficient (Wildman–Crippen LogP) is 2.69. The third-order valence-corrected chi connectivity index (χ3v) is 2.15. The molecule has 0 fully saturated rings. The van der Waals surface area contributed by atoms with Crippen LogP contribution in [0.2, 0.25) is 0 Å². The van der Waals surface area contributed by atoms with Crippen LogP contribution >= 0.6 is 0 Å². The van der Waals surface area contributed by atoms with Crippen molar-refractivity contribution in [1.82, 2.24) is 0 Å². The van der Waals surface area contributed by atoms with E-state index in [1.807, 2.05) is 0 Å². The molecule has 72 valence electrons. The van der Waals surface area contributed by atoms with Gasteiger partial charge in [0, 0.05) is 5.39 Å². The van der Waals surface area contributed by atoms with Crippen molar-refractivity contribution in [3.8, 4) is 11.5 Å². The molecule has 2 rings (SSSR count). The van der Waals surface area contributed by atoms with Gasteiger partial charge in [0.25, 0.3) is 0 Å². The van der Waals surface area contributed by atoms with Crippen molar-refractivity contribution in [1.29, 1.82) is 0 Å². The predicted molar refractivity (Wildman–Crippen MR) is 52.1 cm³/mol. The van der Waals surface area contributed by atoms with Crippen LogP contribution in [-0.2, 0) is 0 Å². The van der Waals surface area contributed by atoms with Gasteiger partial charge in [0.05, 0.1) is 7.11 Å². The standard InChI is InChI=1S/C11H9FO2/c1-14-9-6-7-4-2-3-5-8(7)10(12)11(9)13/h2-6,13H,1H3. The first-order valence-electron chi connectivity index (χ1n) is 4.18. The van der Waals surface area contributed by atoms with Crippen LogP contribution in [0.4, 0.5) is 4.39 Å². The Hall–Kier alpha value is -1.77. The lowest BCUT2D eigenvalue weighted by atomic mass is 10.1. The molecule has 0 amide bonds. The minimum atomic E-state index is -0.639. The number of methoxy groups -OCH3 is 1. The second-order valence-electron chi connectivity index (χ2n) is 2.96. The summed E-state index contributed by atoms with van der Waals surface area (Å²) < 4.78 is 18.4. The van der Waals surface area contributed by atoms with Gasteiger partial charge in [0.1, 0.15) is 0 Å². The van der Waals surface area contributed by atoms with Crippen molar-refractivity contribution in [2.24, 2.45) is 0 Å². The first-order valence-corrected chi connectivity index (χ1v) is 4.18. The second-order valence-corrected chi connectivity index (χ2v) is 2.96. The molecule has 0 spiro atoms. The summed E-state index contributed by atoms with van der Waals surface area (Å²) in [6, 6.07) is 8.51. The fourth-order valence-electron chi connectivity index (χ4n) is 1.42. The molecule has 0 aliphatic carbocycles. The van der Waals surface area contributed by atoms with Crippen LogP contribution in [0.15, 0.2) is 30.3 Å². The van der Waals surface area contributed by atoms with Crippen LogP contribution in [-0.4, -0.2) is 12.2 Å². The topological polar surface area (TPSA) is 29.5 Å². The van der Waals surface area contributed by atoms with Crippen molar-refractivity contribution < 1.29 is 14.2 Å². The number of hydrogen-bond donors (Lipinski definition) is 1. The summed E-state index contributed by atoms with van der Waals surface area (Å²) in [4.78, 5) is 0. The van der Waals surface area contributed by atoms with Crippen molar-refractivity contribution in [3.05, 3.63) is 36.1 Å². The van der Waals surface area contributed by atoms with E-state index in [-0.39, 0.29) is 5.75 Å². The highest BCUT2D eigenvalue weighted by Gasteiger charge is 2.11. The highest BCUT2D eigenvalue weighted by atomic mass is 19.1. The van der Waals surface area contributed by atoms with Crippen LogP contribution in [0.1, 0.15) is 0 Å². The summed E-state index contributed by atoms with van der Waals surface area (Å²) in [7, 11) is 1.39. The van der Waals surface area contributed by atoms with Gasteiger partial charge in [-0.05, 0) is 11.5 Å². The molecule has 0 saturated carbocycles. The van der Waals surface area contributed by atoms with E-state index in [2.05, 4.69) is 0 Å². The molecule has 2 nitrogen and oxygen atoms in total. The zero-order chi connectivity index (χ0) is 10.1. The Bertz CT molecular complexity index is 480. The first kappa shape index (κ1) is 8.81. The average Bonchev–Trinajstić information content (AvgIpc) is 2.23. The third kappa shape index (κ3) is 1.18. The summed E-state index contributed by atoms with van der Waals surface area (Å²) in [5.41, 5.74) is 0. The average molecular weight is 192 g/mol. The minimum Gasteiger partial charge on any atom is -0.502 e. The van der Waals surface area contributed by atoms with E-state index >= 15 is 0 Å². The number of phenolic OH excluding ortho intramolecular Hbond substituents is 1. The Balaban J connectivity index is 2.85. The lowest BCUT2D eigenvalue weighted by molar-refractivity contribution is 0.359. The molecule has 0 aromatic heterocycles. The maximum Gasteiger partial charge on any atom is 0.194 e. The fraction of sp³-hybridized carbons (Fsp3) is 0.0909. The maximum atomic E-state index is 13.5. The summed E-state index contributed by atoms with van der Waals surface area (Å²) in [6.07, 6.45) is 0. The lowest BCUT2D eigenvalue weighted by Crippen LogP contribution is -1.88. The van der Waals surface area contributed by atoms with E-state index in [0.29, 0.717) is 10.8 Å². The van der Waals surface area contributed by atoms with Crippen LogP contribution in [0.3, 0.4) is 0 Å². The molecule has 0 aliphatic rings. The van der Waals surface area contributed by atoms with Gasteiger partial charge in [0.15, 0.2) is 17.3 Å². The molecule has 0 unspecified atom stereocenters. The van der Waals surface area contributed by atoms with Gasteiger partial charge in [-0.25, -0.2) is 4.39 Å². The van der Waals surface area contributed by atoms with Crippen molar-refractivity contribution in [3.63, 3.8) is 0 Å². The van der Waals surface area contributed by atoms with Crippen molar-refractivity contribution in [2.45, 2.75) is 0 Å². The van der Waals surface area contributed by atoms with E-state index in [0.717, 1.165) is 0 Å². The maximum absolute atomic E-state index is 13.5. The SMILES string of the molecule is COc1cc2ccccc2c(F)c1O. The van der Waals surface area contributed by atoms with Gasteiger partial charge >= 0.3 is 0 Å². The molecular weight excluding hydrogens is 183 g/mol. The van der Waals surface area contributed by atoms with Crippen LogP contribution < -0.4 is 4.74 Å². The molecule has 0 heterocycles. The Morgan fingerprint density at radius 3 is 2.71 bits per heavy atom. The van der Waals surface area contributed by atoms with Gasteiger partial charge in [0.2, 0.25) is 0 Å². The molecule has 0 atom stereocenters. The summed E-state index contributed by atoms with van der Waals surface area (Å²) >= 11 is 0. The van der Waals surface area contributed by atoms with Crippen LogP contribution in [0, 0.1) is 5.82 Å². The number of hydrogen-bond acceptors (Lipinski definition) is 2.